The van der Waals surface area contributed by atoms with Gasteiger partial charge in [-0.05, 0) is 66.3 Å². The Morgan fingerprint density at radius 1 is 1.08 bits per heavy atom. The standard InChI is InChI=1S/C21H23NO2S/c1-24-16-9-7-15-8-10-18(23)20(17(15)14-16)21(19-6-5-13-25-19)22-11-3-2-4-12-22/h5-10,13-14,21,23H,2-4,11-12H2,1H3. The third-order valence-corrected chi connectivity index (χ3v) is 6.01. The molecule has 25 heavy (non-hydrogen) atoms. The summed E-state index contributed by atoms with van der Waals surface area (Å²) in [6, 6.07) is 14.3. The van der Waals surface area contributed by atoms with Crippen molar-refractivity contribution < 1.29 is 9.84 Å². The summed E-state index contributed by atoms with van der Waals surface area (Å²) in [7, 11) is 1.69. The van der Waals surface area contributed by atoms with Gasteiger partial charge in [0, 0.05) is 10.4 Å². The maximum absolute atomic E-state index is 10.8. The van der Waals surface area contributed by atoms with Gasteiger partial charge in [0.15, 0.2) is 0 Å². The first kappa shape index (κ1) is 16.4. The Labute approximate surface area is 152 Å². The monoisotopic (exact) mass is 353 g/mol. The number of fused-ring (bicyclic) bond motifs is 1. The molecule has 0 amide bonds. The molecule has 1 aliphatic rings. The lowest BCUT2D eigenvalue weighted by Crippen LogP contribution is -2.34. The average Bonchev–Trinajstić information content (AvgIpc) is 3.18. The van der Waals surface area contributed by atoms with Gasteiger partial charge in [-0.2, -0.15) is 0 Å². The highest BCUT2D eigenvalue weighted by molar-refractivity contribution is 7.10. The molecule has 3 aromatic rings. The molecule has 2 aromatic carbocycles. The van der Waals surface area contributed by atoms with Gasteiger partial charge in [0.25, 0.3) is 0 Å². The number of thiophene rings is 1. The minimum atomic E-state index is 0.0936. The van der Waals surface area contributed by atoms with Gasteiger partial charge in [-0.15, -0.1) is 11.3 Å². The van der Waals surface area contributed by atoms with Crippen molar-refractivity contribution in [2.24, 2.45) is 0 Å². The molecule has 1 fully saturated rings. The van der Waals surface area contributed by atoms with E-state index in [2.05, 4.69) is 34.5 Å². The van der Waals surface area contributed by atoms with E-state index in [-0.39, 0.29) is 6.04 Å². The first-order valence-electron chi connectivity index (χ1n) is 8.85. The fourth-order valence-corrected chi connectivity index (χ4v) is 4.72. The molecule has 1 N–H and O–H groups in total. The summed E-state index contributed by atoms with van der Waals surface area (Å²) in [5.74, 6) is 1.19. The van der Waals surface area contributed by atoms with Crippen LogP contribution in [0.5, 0.6) is 11.5 Å². The zero-order chi connectivity index (χ0) is 17.2. The van der Waals surface area contributed by atoms with Crippen LogP contribution in [0, 0.1) is 0 Å². The second-order valence-electron chi connectivity index (χ2n) is 6.60. The molecule has 130 valence electrons. The molecule has 0 saturated carbocycles. The number of methoxy groups -OCH3 is 1. The molecule has 1 saturated heterocycles. The summed E-state index contributed by atoms with van der Waals surface area (Å²) < 4.78 is 5.44. The number of likely N-dealkylation sites (tertiary alicyclic amines) is 1. The molecule has 1 unspecified atom stereocenters. The van der Waals surface area contributed by atoms with Crippen LogP contribution in [0.15, 0.2) is 47.8 Å². The lowest BCUT2D eigenvalue weighted by Gasteiger charge is -2.35. The van der Waals surface area contributed by atoms with Gasteiger partial charge in [0.05, 0.1) is 13.2 Å². The number of rotatable bonds is 4. The molecular weight excluding hydrogens is 330 g/mol. The molecule has 2 heterocycles. The number of piperidine rings is 1. The Kier molecular flexibility index (Phi) is 4.64. The van der Waals surface area contributed by atoms with Crippen LogP contribution in [0.25, 0.3) is 10.8 Å². The van der Waals surface area contributed by atoms with E-state index >= 15 is 0 Å². The Morgan fingerprint density at radius 2 is 1.88 bits per heavy atom. The van der Waals surface area contributed by atoms with Gasteiger partial charge >= 0.3 is 0 Å². The maximum atomic E-state index is 10.8. The molecule has 4 heteroatoms. The fourth-order valence-electron chi connectivity index (χ4n) is 3.85. The van der Waals surface area contributed by atoms with Crippen molar-refractivity contribution in [2.45, 2.75) is 25.3 Å². The van der Waals surface area contributed by atoms with E-state index in [1.807, 2.05) is 18.2 Å². The Morgan fingerprint density at radius 3 is 2.60 bits per heavy atom. The van der Waals surface area contributed by atoms with E-state index < -0.39 is 0 Å². The van der Waals surface area contributed by atoms with Crippen molar-refractivity contribution in [3.8, 4) is 11.5 Å². The molecule has 1 aliphatic heterocycles. The van der Waals surface area contributed by atoms with Crippen LogP contribution in [0.2, 0.25) is 0 Å². The largest absolute Gasteiger partial charge is 0.508 e. The second-order valence-corrected chi connectivity index (χ2v) is 7.58. The minimum Gasteiger partial charge on any atom is -0.508 e. The van der Waals surface area contributed by atoms with Crippen LogP contribution in [0.1, 0.15) is 35.7 Å². The fraction of sp³-hybridized carbons (Fsp3) is 0.333. The van der Waals surface area contributed by atoms with Gasteiger partial charge in [-0.1, -0.05) is 24.6 Å². The summed E-state index contributed by atoms with van der Waals surface area (Å²) in [5.41, 5.74) is 1.00. The van der Waals surface area contributed by atoms with E-state index in [0.29, 0.717) is 5.75 Å². The van der Waals surface area contributed by atoms with Gasteiger partial charge < -0.3 is 9.84 Å². The van der Waals surface area contributed by atoms with Crippen LogP contribution < -0.4 is 4.74 Å². The first-order valence-corrected chi connectivity index (χ1v) is 9.73. The summed E-state index contributed by atoms with van der Waals surface area (Å²) >= 11 is 1.76. The van der Waals surface area contributed by atoms with Crippen LogP contribution in [-0.2, 0) is 0 Å². The number of phenolic OH excluding ortho intramolecular Hbond substituents is 1. The van der Waals surface area contributed by atoms with Crippen molar-refractivity contribution in [2.75, 3.05) is 20.2 Å². The van der Waals surface area contributed by atoms with Crippen LogP contribution >= 0.6 is 11.3 Å². The zero-order valence-electron chi connectivity index (χ0n) is 14.4. The predicted molar refractivity (Wildman–Crippen MR) is 104 cm³/mol. The molecular formula is C21H23NO2S. The number of benzene rings is 2. The number of aromatic hydroxyl groups is 1. The van der Waals surface area contributed by atoms with E-state index in [0.717, 1.165) is 35.2 Å². The van der Waals surface area contributed by atoms with Crippen molar-refractivity contribution in [3.05, 3.63) is 58.3 Å². The molecule has 0 aliphatic carbocycles. The highest BCUT2D eigenvalue weighted by Gasteiger charge is 2.28. The molecule has 1 aromatic heterocycles. The molecule has 4 rings (SSSR count). The van der Waals surface area contributed by atoms with Gasteiger partial charge in [-0.3, -0.25) is 4.90 Å². The van der Waals surface area contributed by atoms with Gasteiger partial charge in [0.1, 0.15) is 11.5 Å². The Hall–Kier alpha value is -2.04. The smallest absolute Gasteiger partial charge is 0.121 e. The van der Waals surface area contributed by atoms with Crippen molar-refractivity contribution in [1.82, 2.24) is 4.90 Å². The van der Waals surface area contributed by atoms with E-state index in [1.165, 1.54) is 24.1 Å². The number of ether oxygens (including phenoxy) is 1. The van der Waals surface area contributed by atoms with Crippen LogP contribution in [-0.4, -0.2) is 30.2 Å². The third kappa shape index (κ3) is 3.12. The van der Waals surface area contributed by atoms with Crippen molar-refractivity contribution >= 4 is 22.1 Å². The third-order valence-electron chi connectivity index (χ3n) is 5.09. The van der Waals surface area contributed by atoms with Crippen molar-refractivity contribution in [3.63, 3.8) is 0 Å². The molecule has 0 spiro atoms. The second kappa shape index (κ2) is 7.06. The number of hydrogen-bond donors (Lipinski definition) is 1. The van der Waals surface area contributed by atoms with E-state index in [4.69, 9.17) is 4.74 Å². The number of hydrogen-bond acceptors (Lipinski definition) is 4. The number of phenols is 1. The highest BCUT2D eigenvalue weighted by Crippen LogP contribution is 2.42. The van der Waals surface area contributed by atoms with E-state index in [9.17, 15) is 5.11 Å². The SMILES string of the molecule is COc1ccc2ccc(O)c(C(c3cccs3)N3CCCCC3)c2c1. The molecule has 3 nitrogen and oxygen atoms in total. The summed E-state index contributed by atoms with van der Waals surface area (Å²) in [6.45, 7) is 2.14. The molecule has 1 atom stereocenters. The predicted octanol–water partition coefficient (Wildman–Crippen LogP) is 5.19. The first-order chi connectivity index (χ1) is 12.3. The topological polar surface area (TPSA) is 32.7 Å². The Balaban J connectivity index is 1.92. The normalized spacial score (nSPS) is 16.8. The van der Waals surface area contributed by atoms with E-state index in [1.54, 1.807) is 18.4 Å². The highest BCUT2D eigenvalue weighted by atomic mass is 32.1. The lowest BCUT2D eigenvalue weighted by atomic mass is 9.94. The summed E-state index contributed by atoms with van der Waals surface area (Å²) in [5, 5.41) is 15.1. The quantitative estimate of drug-likeness (QED) is 0.700. The summed E-state index contributed by atoms with van der Waals surface area (Å²) in [6.07, 6.45) is 3.73. The Bertz CT molecular complexity index is 854. The van der Waals surface area contributed by atoms with Gasteiger partial charge in [0.2, 0.25) is 0 Å². The van der Waals surface area contributed by atoms with Gasteiger partial charge in [-0.25, -0.2) is 0 Å². The lowest BCUT2D eigenvalue weighted by molar-refractivity contribution is 0.188. The van der Waals surface area contributed by atoms with Crippen LogP contribution in [0.3, 0.4) is 0 Å². The molecule has 0 bridgehead atoms. The van der Waals surface area contributed by atoms with Crippen LogP contribution in [0.4, 0.5) is 0 Å². The average molecular weight is 353 g/mol. The number of nitrogens with zero attached hydrogens (tertiary/aromatic N) is 1. The maximum Gasteiger partial charge on any atom is 0.121 e. The minimum absolute atomic E-state index is 0.0936. The molecule has 0 radical (unpaired) electrons. The van der Waals surface area contributed by atoms with Crippen molar-refractivity contribution in [1.29, 1.82) is 0 Å². The zero-order valence-corrected chi connectivity index (χ0v) is 15.3. The summed E-state index contributed by atoms with van der Waals surface area (Å²) in [4.78, 5) is 3.80.